The van der Waals surface area contributed by atoms with Crippen LogP contribution < -0.4 is 21.7 Å². The van der Waals surface area contributed by atoms with Gasteiger partial charge >= 0.3 is 12.1 Å². The fourth-order valence-electron chi connectivity index (χ4n) is 5.85. The predicted octanol–water partition coefficient (Wildman–Crippen LogP) is 3.00. The molecule has 0 aliphatic carbocycles. The van der Waals surface area contributed by atoms with Crippen LogP contribution >= 0.6 is 11.8 Å². The number of nitrogens with two attached hydrogens (primary N) is 1. The molecule has 1 heterocycles. The Kier molecular flexibility index (Phi) is 14.0. The molecule has 0 aromatic heterocycles. The lowest BCUT2D eigenvalue weighted by molar-refractivity contribution is -0.145. The lowest BCUT2D eigenvalue weighted by Crippen LogP contribution is -2.60. The first-order valence-electron chi connectivity index (χ1n) is 15.8. The average Bonchev–Trinajstić information content (AvgIpc) is 3.62. The number of hydrogen-bond acceptors (Lipinski definition) is 10. The molecule has 12 heteroatoms. The van der Waals surface area contributed by atoms with E-state index in [9.17, 15) is 19.2 Å². The Morgan fingerprint density at radius 3 is 2.51 bits per heavy atom. The number of rotatable bonds is 17. The molecule has 4 atom stereocenters. The van der Waals surface area contributed by atoms with E-state index in [2.05, 4.69) is 16.0 Å². The summed E-state index contributed by atoms with van der Waals surface area (Å²) >= 11 is 1.56. The molecule has 0 saturated carbocycles. The normalized spacial score (nSPS) is 16.3. The number of methoxy groups -OCH3 is 1. The number of benzene rings is 3. The van der Waals surface area contributed by atoms with E-state index in [0.717, 1.165) is 34.9 Å². The van der Waals surface area contributed by atoms with Gasteiger partial charge in [-0.05, 0) is 59.7 Å². The van der Waals surface area contributed by atoms with Gasteiger partial charge in [-0.15, -0.1) is 0 Å². The van der Waals surface area contributed by atoms with Crippen LogP contribution in [0.3, 0.4) is 0 Å². The lowest BCUT2D eigenvalue weighted by atomic mass is 9.94. The fraction of sp³-hybridized carbons (Fsp3) is 0.429. The van der Waals surface area contributed by atoms with Gasteiger partial charge in [0.25, 0.3) is 0 Å². The van der Waals surface area contributed by atoms with Crippen molar-refractivity contribution in [2.24, 2.45) is 5.73 Å². The summed E-state index contributed by atoms with van der Waals surface area (Å²) in [4.78, 5) is 54.6. The zero-order valence-electron chi connectivity index (χ0n) is 27.0. The zero-order valence-corrected chi connectivity index (χ0v) is 27.8. The van der Waals surface area contributed by atoms with Gasteiger partial charge in [-0.1, -0.05) is 72.8 Å². The van der Waals surface area contributed by atoms with Gasteiger partial charge in [-0.25, -0.2) is 9.59 Å². The summed E-state index contributed by atoms with van der Waals surface area (Å²) in [5.74, 6) is -0.588. The number of carbonyl (C=O) groups excluding carboxylic acids is 4. The SMILES string of the molecule is COC(=O)[C@H](CCSC)NC(=O)CN(Cc1cccc2ccccc12)C(C(=O)[C@@H](N)CNC(=O)OCc1ccccc1)[C@@H]1CCCN1. The van der Waals surface area contributed by atoms with E-state index in [1.165, 1.54) is 7.11 Å². The van der Waals surface area contributed by atoms with E-state index in [4.69, 9.17) is 15.2 Å². The van der Waals surface area contributed by atoms with Crippen molar-refractivity contribution in [2.45, 2.75) is 56.6 Å². The van der Waals surface area contributed by atoms with E-state index in [1.54, 1.807) is 11.8 Å². The van der Waals surface area contributed by atoms with E-state index in [-0.39, 0.29) is 38.1 Å². The van der Waals surface area contributed by atoms with E-state index in [1.807, 2.05) is 84.0 Å². The van der Waals surface area contributed by atoms with Crippen molar-refractivity contribution in [1.29, 1.82) is 0 Å². The van der Waals surface area contributed by atoms with E-state index >= 15 is 0 Å². The average molecular weight is 664 g/mol. The Balaban J connectivity index is 1.56. The number of esters is 1. The molecule has 1 fully saturated rings. The number of hydrogen-bond donors (Lipinski definition) is 4. The Morgan fingerprint density at radius 1 is 1.04 bits per heavy atom. The molecule has 1 saturated heterocycles. The van der Waals surface area contributed by atoms with Gasteiger partial charge in [-0.3, -0.25) is 14.5 Å². The van der Waals surface area contributed by atoms with Crippen LogP contribution in [0.5, 0.6) is 0 Å². The van der Waals surface area contributed by atoms with Gasteiger partial charge in [-0.2, -0.15) is 11.8 Å². The number of amides is 2. The molecule has 252 valence electrons. The van der Waals surface area contributed by atoms with Crippen LogP contribution in [-0.2, 0) is 37.0 Å². The second kappa shape index (κ2) is 18.4. The van der Waals surface area contributed by atoms with Gasteiger partial charge in [0.1, 0.15) is 12.6 Å². The minimum Gasteiger partial charge on any atom is -0.467 e. The Morgan fingerprint density at radius 2 is 1.79 bits per heavy atom. The maximum absolute atomic E-state index is 14.2. The van der Waals surface area contributed by atoms with Crippen LogP contribution in [0.15, 0.2) is 72.8 Å². The summed E-state index contributed by atoms with van der Waals surface area (Å²) < 4.78 is 10.2. The van der Waals surface area contributed by atoms with Gasteiger partial charge < -0.3 is 31.2 Å². The van der Waals surface area contributed by atoms with Crippen molar-refractivity contribution in [3.8, 4) is 0 Å². The largest absolute Gasteiger partial charge is 0.467 e. The maximum atomic E-state index is 14.2. The standard InChI is InChI=1S/C35H45N5O6S/c1-45-34(43)30(17-19-47-2)39-31(41)22-40(21-26-14-8-13-25-12-6-7-15-27(25)26)32(29-16-9-18-37-29)33(42)28(36)20-38-35(44)46-23-24-10-4-3-5-11-24/h3-8,10-15,28-30,32,37H,9,16-23,36H2,1-2H3,(H,38,44)(H,39,41)/t28-,29-,30-,32?/m0/s1. The molecular weight excluding hydrogens is 618 g/mol. The summed E-state index contributed by atoms with van der Waals surface area (Å²) in [7, 11) is 1.29. The number of fused-ring (bicyclic) bond motifs is 1. The molecule has 0 bridgehead atoms. The molecule has 1 unspecified atom stereocenters. The van der Waals surface area contributed by atoms with Crippen LogP contribution in [0.1, 0.15) is 30.4 Å². The number of nitrogens with zero attached hydrogens (tertiary/aromatic N) is 1. The van der Waals surface area contributed by atoms with Gasteiger partial charge in [0, 0.05) is 19.1 Å². The van der Waals surface area contributed by atoms with Crippen LogP contribution in [-0.4, -0.2) is 91.6 Å². The molecule has 3 aromatic carbocycles. The third-order valence-corrected chi connectivity index (χ3v) is 8.88. The third-order valence-electron chi connectivity index (χ3n) is 8.24. The second-order valence-electron chi connectivity index (χ2n) is 11.6. The summed E-state index contributed by atoms with van der Waals surface area (Å²) in [5, 5.41) is 10.9. The van der Waals surface area contributed by atoms with Crippen molar-refractivity contribution < 1.29 is 28.7 Å². The molecule has 1 aliphatic rings. The Labute approximate surface area is 280 Å². The third kappa shape index (κ3) is 10.5. The number of carbonyl (C=O) groups is 4. The Bertz CT molecular complexity index is 1480. The van der Waals surface area contributed by atoms with E-state index in [0.29, 0.717) is 18.6 Å². The highest BCUT2D eigenvalue weighted by Gasteiger charge is 2.39. The summed E-state index contributed by atoms with van der Waals surface area (Å²) in [6, 6.07) is 20.2. The zero-order chi connectivity index (χ0) is 33.6. The molecule has 0 radical (unpaired) electrons. The molecule has 4 rings (SSSR count). The van der Waals surface area contributed by atoms with Crippen LogP contribution in [0.4, 0.5) is 4.79 Å². The fourth-order valence-corrected chi connectivity index (χ4v) is 6.33. The summed E-state index contributed by atoms with van der Waals surface area (Å²) in [6.45, 7) is 0.784. The molecule has 0 spiro atoms. The molecule has 1 aliphatic heterocycles. The van der Waals surface area contributed by atoms with Crippen molar-refractivity contribution >= 4 is 46.3 Å². The molecule has 3 aromatic rings. The number of nitrogens with one attached hydrogen (secondary N) is 3. The number of alkyl carbamates (subject to hydrolysis) is 1. The topological polar surface area (TPSA) is 152 Å². The second-order valence-corrected chi connectivity index (χ2v) is 12.6. The minimum atomic E-state index is -1.06. The lowest BCUT2D eigenvalue weighted by Gasteiger charge is -2.36. The number of thioether (sulfide) groups is 1. The van der Waals surface area contributed by atoms with Crippen molar-refractivity contribution in [3.63, 3.8) is 0 Å². The number of ketones is 1. The van der Waals surface area contributed by atoms with Gasteiger partial charge in [0.05, 0.1) is 25.7 Å². The first-order chi connectivity index (χ1) is 22.8. The van der Waals surface area contributed by atoms with Gasteiger partial charge in [0.15, 0.2) is 5.78 Å². The first kappa shape index (κ1) is 35.9. The molecule has 11 nitrogen and oxygen atoms in total. The minimum absolute atomic E-state index is 0.0852. The quantitative estimate of drug-likeness (QED) is 0.159. The molecule has 2 amide bonds. The van der Waals surface area contributed by atoms with Crippen LogP contribution in [0.2, 0.25) is 0 Å². The molecule has 47 heavy (non-hydrogen) atoms. The van der Waals surface area contributed by atoms with Crippen molar-refractivity contribution in [2.75, 3.05) is 38.8 Å². The van der Waals surface area contributed by atoms with Crippen LogP contribution in [0, 0.1) is 0 Å². The highest BCUT2D eigenvalue weighted by molar-refractivity contribution is 7.98. The van der Waals surface area contributed by atoms with E-state index < -0.39 is 36.1 Å². The van der Waals surface area contributed by atoms with Gasteiger partial charge in [0.2, 0.25) is 5.91 Å². The summed E-state index contributed by atoms with van der Waals surface area (Å²) in [5.41, 5.74) is 8.22. The molecular formula is C35H45N5O6S. The maximum Gasteiger partial charge on any atom is 0.407 e. The monoisotopic (exact) mass is 663 g/mol. The number of Topliss-reactive ketones (excluding diaryl/α,β-unsaturated/α-hetero) is 1. The highest BCUT2D eigenvalue weighted by atomic mass is 32.2. The summed E-state index contributed by atoms with van der Waals surface area (Å²) in [6.07, 6.45) is 3.22. The Hall–Kier alpha value is -3.97. The smallest absolute Gasteiger partial charge is 0.407 e. The van der Waals surface area contributed by atoms with Crippen LogP contribution in [0.25, 0.3) is 10.8 Å². The van der Waals surface area contributed by atoms with Crippen molar-refractivity contribution in [3.05, 3.63) is 83.9 Å². The highest BCUT2D eigenvalue weighted by Crippen LogP contribution is 2.24. The van der Waals surface area contributed by atoms with Crippen molar-refractivity contribution in [1.82, 2.24) is 20.9 Å². The predicted molar refractivity (Wildman–Crippen MR) is 184 cm³/mol. The number of ether oxygens (including phenoxy) is 2. The first-order valence-corrected chi connectivity index (χ1v) is 17.2. The molecule has 5 N–H and O–H groups in total.